The highest BCUT2D eigenvalue weighted by Crippen LogP contribution is 2.08. The van der Waals surface area contributed by atoms with E-state index in [1.165, 1.54) is 12.8 Å². The van der Waals surface area contributed by atoms with Gasteiger partial charge in [0.15, 0.2) is 0 Å². The standard InChI is InChI=1S/C12H26N2O/c1-10(2)6-5-7-11(3)14-12(15)8-9-13-4/h10-11,13H,5-9H2,1-4H3,(H,14,15). The molecule has 90 valence electrons. The average Bonchev–Trinajstić information content (AvgIpc) is 2.14. The summed E-state index contributed by atoms with van der Waals surface area (Å²) in [5, 5.41) is 5.98. The van der Waals surface area contributed by atoms with Crippen LogP contribution in [0.15, 0.2) is 0 Å². The third kappa shape index (κ3) is 9.73. The third-order valence-electron chi connectivity index (χ3n) is 2.43. The molecule has 2 N–H and O–H groups in total. The first-order valence-corrected chi connectivity index (χ1v) is 6.00. The van der Waals surface area contributed by atoms with Gasteiger partial charge < -0.3 is 10.6 Å². The van der Waals surface area contributed by atoms with Crippen molar-refractivity contribution in [2.45, 2.75) is 52.5 Å². The van der Waals surface area contributed by atoms with Crippen molar-refractivity contribution in [2.75, 3.05) is 13.6 Å². The zero-order chi connectivity index (χ0) is 11.7. The van der Waals surface area contributed by atoms with Crippen LogP contribution in [-0.2, 0) is 4.79 Å². The summed E-state index contributed by atoms with van der Waals surface area (Å²) in [5.74, 6) is 0.915. The van der Waals surface area contributed by atoms with Crippen molar-refractivity contribution in [2.24, 2.45) is 5.92 Å². The van der Waals surface area contributed by atoms with Crippen LogP contribution in [0.2, 0.25) is 0 Å². The summed E-state index contributed by atoms with van der Waals surface area (Å²) in [4.78, 5) is 11.4. The fourth-order valence-corrected chi connectivity index (χ4v) is 1.49. The lowest BCUT2D eigenvalue weighted by Gasteiger charge is -2.14. The number of amides is 1. The molecule has 15 heavy (non-hydrogen) atoms. The van der Waals surface area contributed by atoms with Crippen LogP contribution in [-0.4, -0.2) is 25.5 Å². The van der Waals surface area contributed by atoms with Gasteiger partial charge in [0.05, 0.1) is 0 Å². The molecule has 0 bridgehead atoms. The summed E-state index contributed by atoms with van der Waals surface area (Å²) in [5.41, 5.74) is 0. The molecule has 0 aromatic rings. The quantitative estimate of drug-likeness (QED) is 0.648. The molecule has 0 aromatic heterocycles. The van der Waals surface area contributed by atoms with E-state index >= 15 is 0 Å². The van der Waals surface area contributed by atoms with Gasteiger partial charge in [0.2, 0.25) is 5.91 Å². The summed E-state index contributed by atoms with van der Waals surface area (Å²) >= 11 is 0. The van der Waals surface area contributed by atoms with Crippen LogP contribution >= 0.6 is 0 Å². The highest BCUT2D eigenvalue weighted by atomic mass is 16.1. The molecule has 0 fully saturated rings. The smallest absolute Gasteiger partial charge is 0.221 e. The molecular weight excluding hydrogens is 188 g/mol. The maximum absolute atomic E-state index is 11.4. The highest BCUT2D eigenvalue weighted by molar-refractivity contribution is 5.76. The van der Waals surface area contributed by atoms with Gasteiger partial charge in [-0.1, -0.05) is 26.7 Å². The van der Waals surface area contributed by atoms with Crippen molar-refractivity contribution >= 4 is 5.91 Å². The molecule has 0 aliphatic rings. The molecule has 0 heterocycles. The van der Waals surface area contributed by atoms with Crippen molar-refractivity contribution < 1.29 is 4.79 Å². The topological polar surface area (TPSA) is 41.1 Å². The van der Waals surface area contributed by atoms with E-state index in [9.17, 15) is 4.79 Å². The Bertz CT molecular complexity index is 169. The Morgan fingerprint density at radius 3 is 2.40 bits per heavy atom. The van der Waals surface area contributed by atoms with Crippen LogP contribution in [0.1, 0.15) is 46.5 Å². The molecule has 3 heteroatoms. The molecule has 1 amide bonds. The van der Waals surface area contributed by atoms with E-state index in [1.807, 2.05) is 7.05 Å². The molecule has 0 spiro atoms. The largest absolute Gasteiger partial charge is 0.354 e. The molecule has 0 saturated heterocycles. The first-order chi connectivity index (χ1) is 7.06. The maximum atomic E-state index is 11.4. The Labute approximate surface area is 94.0 Å². The van der Waals surface area contributed by atoms with Crippen LogP contribution in [0, 0.1) is 5.92 Å². The number of nitrogens with one attached hydrogen (secondary N) is 2. The third-order valence-corrected chi connectivity index (χ3v) is 2.43. The van der Waals surface area contributed by atoms with Gasteiger partial charge >= 0.3 is 0 Å². The van der Waals surface area contributed by atoms with Gasteiger partial charge in [0, 0.05) is 19.0 Å². The fraction of sp³-hybridized carbons (Fsp3) is 0.917. The SMILES string of the molecule is CNCCC(=O)NC(C)CCCC(C)C. The second kappa shape index (κ2) is 8.72. The van der Waals surface area contributed by atoms with Gasteiger partial charge in [-0.25, -0.2) is 0 Å². The van der Waals surface area contributed by atoms with Crippen LogP contribution in [0.4, 0.5) is 0 Å². The minimum atomic E-state index is 0.154. The highest BCUT2D eigenvalue weighted by Gasteiger charge is 2.06. The van der Waals surface area contributed by atoms with Crippen molar-refractivity contribution in [3.63, 3.8) is 0 Å². The van der Waals surface area contributed by atoms with Gasteiger partial charge in [-0.15, -0.1) is 0 Å². The zero-order valence-corrected chi connectivity index (χ0v) is 10.6. The van der Waals surface area contributed by atoms with Gasteiger partial charge in [-0.3, -0.25) is 4.79 Å². The molecule has 0 aliphatic carbocycles. The predicted molar refractivity (Wildman–Crippen MR) is 64.8 cm³/mol. The fourth-order valence-electron chi connectivity index (χ4n) is 1.49. The van der Waals surface area contributed by atoms with Gasteiger partial charge in [0.25, 0.3) is 0 Å². The van der Waals surface area contributed by atoms with E-state index in [0.29, 0.717) is 12.5 Å². The minimum Gasteiger partial charge on any atom is -0.354 e. The Morgan fingerprint density at radius 1 is 1.20 bits per heavy atom. The van der Waals surface area contributed by atoms with Crippen LogP contribution in [0.25, 0.3) is 0 Å². The number of rotatable bonds is 8. The Morgan fingerprint density at radius 2 is 1.87 bits per heavy atom. The van der Waals surface area contributed by atoms with Crippen LogP contribution in [0.3, 0.4) is 0 Å². The van der Waals surface area contributed by atoms with Crippen molar-refractivity contribution in [1.29, 1.82) is 0 Å². The molecule has 1 atom stereocenters. The summed E-state index contributed by atoms with van der Waals surface area (Å²) < 4.78 is 0. The molecule has 0 rings (SSSR count). The van der Waals surface area contributed by atoms with E-state index in [-0.39, 0.29) is 5.91 Å². The molecular formula is C12H26N2O. The van der Waals surface area contributed by atoms with E-state index in [0.717, 1.165) is 18.9 Å². The Kier molecular flexibility index (Phi) is 8.38. The Hall–Kier alpha value is -0.570. The van der Waals surface area contributed by atoms with E-state index in [1.54, 1.807) is 0 Å². The van der Waals surface area contributed by atoms with Gasteiger partial charge in [-0.2, -0.15) is 0 Å². The molecule has 0 aliphatic heterocycles. The molecule has 0 aromatic carbocycles. The summed E-state index contributed by atoms with van der Waals surface area (Å²) in [6.45, 7) is 7.30. The maximum Gasteiger partial charge on any atom is 0.221 e. The molecule has 1 unspecified atom stereocenters. The first kappa shape index (κ1) is 14.4. The van der Waals surface area contributed by atoms with Crippen LogP contribution < -0.4 is 10.6 Å². The minimum absolute atomic E-state index is 0.154. The van der Waals surface area contributed by atoms with E-state index in [2.05, 4.69) is 31.4 Å². The normalized spacial score (nSPS) is 12.9. The lowest BCUT2D eigenvalue weighted by molar-refractivity contribution is -0.121. The molecule has 0 saturated carbocycles. The number of hydrogen-bond acceptors (Lipinski definition) is 2. The second-order valence-electron chi connectivity index (χ2n) is 4.65. The van der Waals surface area contributed by atoms with E-state index in [4.69, 9.17) is 0 Å². The summed E-state index contributed by atoms with van der Waals surface area (Å²) in [6, 6.07) is 0.313. The van der Waals surface area contributed by atoms with E-state index < -0.39 is 0 Å². The van der Waals surface area contributed by atoms with Gasteiger partial charge in [0.1, 0.15) is 0 Å². The number of carbonyl (C=O) groups excluding carboxylic acids is 1. The monoisotopic (exact) mass is 214 g/mol. The van der Waals surface area contributed by atoms with Crippen molar-refractivity contribution in [3.8, 4) is 0 Å². The lowest BCUT2D eigenvalue weighted by atomic mass is 10.0. The second-order valence-corrected chi connectivity index (χ2v) is 4.65. The zero-order valence-electron chi connectivity index (χ0n) is 10.6. The molecule has 0 radical (unpaired) electrons. The van der Waals surface area contributed by atoms with Crippen molar-refractivity contribution in [3.05, 3.63) is 0 Å². The molecule has 3 nitrogen and oxygen atoms in total. The number of carbonyl (C=O) groups is 1. The number of hydrogen-bond donors (Lipinski definition) is 2. The first-order valence-electron chi connectivity index (χ1n) is 6.00. The average molecular weight is 214 g/mol. The summed E-state index contributed by atoms with van der Waals surface area (Å²) in [7, 11) is 1.86. The summed E-state index contributed by atoms with van der Waals surface area (Å²) in [6.07, 6.45) is 4.11. The predicted octanol–water partition coefficient (Wildman–Crippen LogP) is 1.93. The Balaban J connectivity index is 3.46. The van der Waals surface area contributed by atoms with Gasteiger partial charge in [-0.05, 0) is 26.3 Å². The van der Waals surface area contributed by atoms with Crippen LogP contribution in [0.5, 0.6) is 0 Å². The van der Waals surface area contributed by atoms with Crippen molar-refractivity contribution in [1.82, 2.24) is 10.6 Å². The lowest BCUT2D eigenvalue weighted by Crippen LogP contribution is -2.34.